The van der Waals surface area contributed by atoms with Gasteiger partial charge < -0.3 is 15.4 Å². The third-order valence-electron chi connectivity index (χ3n) is 3.91. The monoisotopic (exact) mass is 242 g/mol. The third kappa shape index (κ3) is 3.87. The average Bonchev–Trinajstić information content (AvgIpc) is 2.29. The summed E-state index contributed by atoms with van der Waals surface area (Å²) in [6.07, 6.45) is 3.01. The predicted molar refractivity (Wildman–Crippen MR) is 68.8 cm³/mol. The molecule has 0 radical (unpaired) electrons. The largest absolute Gasteiger partial charge is 0.450 e. The van der Waals surface area contributed by atoms with Crippen LogP contribution in [0.5, 0.6) is 0 Å². The highest BCUT2D eigenvalue weighted by Gasteiger charge is 2.33. The van der Waals surface area contributed by atoms with Crippen molar-refractivity contribution < 1.29 is 9.53 Å². The summed E-state index contributed by atoms with van der Waals surface area (Å²) < 4.78 is 5.02. The van der Waals surface area contributed by atoms with E-state index in [0.717, 1.165) is 38.9 Å². The van der Waals surface area contributed by atoms with Crippen LogP contribution in [0.4, 0.5) is 4.79 Å². The van der Waals surface area contributed by atoms with Crippen molar-refractivity contribution in [1.29, 1.82) is 0 Å². The Morgan fingerprint density at radius 2 is 2.00 bits per heavy atom. The number of hydrogen-bond acceptors (Lipinski definition) is 3. The number of nitrogens with zero attached hydrogens (tertiary/aromatic N) is 1. The Bertz CT molecular complexity index is 246. The summed E-state index contributed by atoms with van der Waals surface area (Å²) in [6.45, 7) is 9.24. The Balaban J connectivity index is 2.42. The van der Waals surface area contributed by atoms with Gasteiger partial charge in [-0.3, -0.25) is 0 Å². The maximum Gasteiger partial charge on any atom is 0.409 e. The van der Waals surface area contributed by atoms with Crippen LogP contribution in [0.15, 0.2) is 0 Å². The van der Waals surface area contributed by atoms with Crippen LogP contribution in [0.2, 0.25) is 0 Å². The zero-order valence-corrected chi connectivity index (χ0v) is 11.4. The summed E-state index contributed by atoms with van der Waals surface area (Å²) in [5.74, 6) is 0.664. The Kier molecular flexibility index (Phi) is 5.25. The summed E-state index contributed by atoms with van der Waals surface area (Å²) in [4.78, 5) is 13.4. The Hall–Kier alpha value is -0.770. The fraction of sp³-hybridized carbons (Fsp3) is 0.923. The number of amides is 1. The standard InChI is InChI=1S/C13H26N2O2/c1-4-17-12(16)15-9-5-11(6-10-15)13(2,3)7-8-14/h11H,4-10,14H2,1-3H3. The van der Waals surface area contributed by atoms with E-state index in [1.54, 1.807) is 0 Å². The van der Waals surface area contributed by atoms with Crippen LogP contribution in [-0.2, 0) is 4.74 Å². The van der Waals surface area contributed by atoms with Crippen molar-refractivity contribution in [1.82, 2.24) is 4.90 Å². The molecule has 2 N–H and O–H groups in total. The molecule has 1 aliphatic rings. The number of piperidine rings is 1. The van der Waals surface area contributed by atoms with E-state index in [0.29, 0.717) is 12.5 Å². The molecule has 4 heteroatoms. The summed E-state index contributed by atoms with van der Waals surface area (Å²) in [6, 6.07) is 0. The summed E-state index contributed by atoms with van der Waals surface area (Å²) in [5, 5.41) is 0. The first-order valence-electron chi connectivity index (χ1n) is 6.63. The summed E-state index contributed by atoms with van der Waals surface area (Å²) in [5.41, 5.74) is 5.94. The zero-order chi connectivity index (χ0) is 12.9. The first-order valence-corrected chi connectivity index (χ1v) is 6.63. The maximum atomic E-state index is 11.6. The van der Waals surface area contributed by atoms with Crippen molar-refractivity contribution in [2.75, 3.05) is 26.2 Å². The van der Waals surface area contributed by atoms with Gasteiger partial charge in [0.05, 0.1) is 6.61 Å². The van der Waals surface area contributed by atoms with Crippen molar-refractivity contribution in [2.45, 2.75) is 40.0 Å². The lowest BCUT2D eigenvalue weighted by atomic mass is 9.72. The number of carbonyl (C=O) groups is 1. The van der Waals surface area contributed by atoms with Gasteiger partial charge in [-0.2, -0.15) is 0 Å². The maximum absolute atomic E-state index is 11.6. The molecule has 100 valence electrons. The van der Waals surface area contributed by atoms with Crippen molar-refractivity contribution in [3.63, 3.8) is 0 Å². The van der Waals surface area contributed by atoms with E-state index in [1.165, 1.54) is 0 Å². The van der Waals surface area contributed by atoms with Gasteiger partial charge in [0.2, 0.25) is 0 Å². The first kappa shape index (κ1) is 14.3. The van der Waals surface area contributed by atoms with E-state index < -0.39 is 0 Å². The van der Waals surface area contributed by atoms with Crippen LogP contribution in [0, 0.1) is 11.3 Å². The molecular weight excluding hydrogens is 216 g/mol. The highest BCUT2D eigenvalue weighted by atomic mass is 16.6. The normalized spacial score (nSPS) is 18.2. The van der Waals surface area contributed by atoms with Crippen LogP contribution in [0.25, 0.3) is 0 Å². The van der Waals surface area contributed by atoms with E-state index in [1.807, 2.05) is 11.8 Å². The highest BCUT2D eigenvalue weighted by molar-refractivity contribution is 5.67. The van der Waals surface area contributed by atoms with Gasteiger partial charge >= 0.3 is 6.09 Å². The molecule has 0 aromatic heterocycles. The minimum Gasteiger partial charge on any atom is -0.450 e. The molecule has 0 aromatic carbocycles. The molecule has 1 aliphatic heterocycles. The van der Waals surface area contributed by atoms with E-state index in [2.05, 4.69) is 13.8 Å². The number of rotatable bonds is 4. The lowest BCUT2D eigenvalue weighted by molar-refractivity contribution is 0.0671. The molecule has 0 atom stereocenters. The third-order valence-corrected chi connectivity index (χ3v) is 3.91. The molecule has 1 heterocycles. The van der Waals surface area contributed by atoms with Gasteiger partial charge in [-0.15, -0.1) is 0 Å². The van der Waals surface area contributed by atoms with Crippen molar-refractivity contribution in [3.8, 4) is 0 Å². The van der Waals surface area contributed by atoms with Gasteiger partial charge in [-0.05, 0) is 44.1 Å². The van der Waals surface area contributed by atoms with E-state index in [4.69, 9.17) is 10.5 Å². The Morgan fingerprint density at radius 3 is 2.47 bits per heavy atom. The fourth-order valence-electron chi connectivity index (χ4n) is 2.63. The van der Waals surface area contributed by atoms with E-state index in [-0.39, 0.29) is 11.5 Å². The second kappa shape index (κ2) is 6.24. The van der Waals surface area contributed by atoms with Crippen LogP contribution in [0.1, 0.15) is 40.0 Å². The molecule has 1 fully saturated rings. The second-order valence-electron chi connectivity index (χ2n) is 5.49. The van der Waals surface area contributed by atoms with E-state index in [9.17, 15) is 4.79 Å². The molecule has 0 spiro atoms. The van der Waals surface area contributed by atoms with Gasteiger partial charge in [0.25, 0.3) is 0 Å². The number of ether oxygens (including phenoxy) is 1. The quantitative estimate of drug-likeness (QED) is 0.822. The van der Waals surface area contributed by atoms with E-state index >= 15 is 0 Å². The smallest absolute Gasteiger partial charge is 0.409 e. The van der Waals surface area contributed by atoms with Crippen LogP contribution in [-0.4, -0.2) is 37.2 Å². The minimum atomic E-state index is -0.164. The molecule has 0 unspecified atom stereocenters. The molecule has 1 saturated heterocycles. The summed E-state index contributed by atoms with van der Waals surface area (Å²) >= 11 is 0. The molecule has 1 rings (SSSR count). The van der Waals surface area contributed by atoms with Gasteiger partial charge in [-0.25, -0.2) is 4.79 Å². The minimum absolute atomic E-state index is 0.164. The molecule has 0 saturated carbocycles. The SMILES string of the molecule is CCOC(=O)N1CCC(C(C)(C)CCN)CC1. The molecule has 0 aromatic rings. The van der Waals surface area contributed by atoms with Crippen molar-refractivity contribution in [2.24, 2.45) is 17.1 Å². The lowest BCUT2D eigenvalue weighted by Crippen LogP contribution is -2.42. The average molecular weight is 242 g/mol. The number of carbonyl (C=O) groups excluding carboxylic acids is 1. The summed E-state index contributed by atoms with van der Waals surface area (Å²) in [7, 11) is 0. The van der Waals surface area contributed by atoms with Gasteiger partial charge in [0, 0.05) is 13.1 Å². The predicted octanol–water partition coefficient (Wildman–Crippen LogP) is 2.23. The topological polar surface area (TPSA) is 55.6 Å². The number of likely N-dealkylation sites (tertiary alicyclic amines) is 1. The Morgan fingerprint density at radius 1 is 1.41 bits per heavy atom. The molecule has 4 nitrogen and oxygen atoms in total. The van der Waals surface area contributed by atoms with Gasteiger partial charge in [0.15, 0.2) is 0 Å². The number of nitrogens with two attached hydrogens (primary N) is 1. The molecular formula is C13H26N2O2. The fourth-order valence-corrected chi connectivity index (χ4v) is 2.63. The first-order chi connectivity index (χ1) is 8.01. The molecule has 1 amide bonds. The van der Waals surface area contributed by atoms with Crippen LogP contribution < -0.4 is 5.73 Å². The molecule has 0 bridgehead atoms. The Labute approximate surface area is 104 Å². The van der Waals surface area contributed by atoms with Crippen LogP contribution in [0.3, 0.4) is 0 Å². The van der Waals surface area contributed by atoms with Crippen LogP contribution >= 0.6 is 0 Å². The highest BCUT2D eigenvalue weighted by Crippen LogP contribution is 2.37. The number of hydrogen-bond donors (Lipinski definition) is 1. The van der Waals surface area contributed by atoms with Gasteiger partial charge in [0.1, 0.15) is 0 Å². The van der Waals surface area contributed by atoms with Crippen molar-refractivity contribution in [3.05, 3.63) is 0 Å². The zero-order valence-electron chi connectivity index (χ0n) is 11.4. The second-order valence-corrected chi connectivity index (χ2v) is 5.49. The molecule has 17 heavy (non-hydrogen) atoms. The van der Waals surface area contributed by atoms with Crippen molar-refractivity contribution >= 4 is 6.09 Å². The lowest BCUT2D eigenvalue weighted by Gasteiger charge is -2.40. The molecule has 0 aliphatic carbocycles. The van der Waals surface area contributed by atoms with Gasteiger partial charge in [-0.1, -0.05) is 13.8 Å².